The van der Waals surface area contributed by atoms with E-state index >= 15 is 0 Å². The molecule has 4 nitrogen and oxygen atoms in total. The van der Waals surface area contributed by atoms with Gasteiger partial charge in [-0.3, -0.25) is 9.59 Å². The largest absolute Gasteiger partial charge is 0.354 e. The van der Waals surface area contributed by atoms with Gasteiger partial charge in [-0.15, -0.1) is 11.8 Å². The lowest BCUT2D eigenvalue weighted by Crippen LogP contribution is -2.41. The Hall–Kier alpha value is -2.27. The fraction of sp³-hybridized carbons (Fsp3) is 0.300. The molecule has 0 unspecified atom stereocenters. The van der Waals surface area contributed by atoms with E-state index in [1.807, 2.05) is 42.5 Å². The summed E-state index contributed by atoms with van der Waals surface area (Å²) in [5.41, 5.74) is 2.02. The molecule has 0 radical (unpaired) electrons. The van der Waals surface area contributed by atoms with Gasteiger partial charge in [0.25, 0.3) is 0 Å². The van der Waals surface area contributed by atoms with E-state index in [1.54, 1.807) is 16.7 Å². The minimum Gasteiger partial charge on any atom is -0.354 e. The van der Waals surface area contributed by atoms with E-state index in [4.69, 9.17) is 0 Å². The van der Waals surface area contributed by atoms with Crippen molar-refractivity contribution in [3.8, 4) is 0 Å². The Kier molecular flexibility index (Phi) is 5.76. The quantitative estimate of drug-likeness (QED) is 0.895. The molecule has 5 heteroatoms. The standard InChI is InChI=1S/C20H22N2O2S/c1-15(16-7-3-2-4-8-16)13-21-19(23)14-22-17-9-5-6-10-18(17)25-12-11-20(22)24/h2-10,15H,11-14H2,1H3,(H,21,23)/t15-/m0/s1. The summed E-state index contributed by atoms with van der Waals surface area (Å²) in [7, 11) is 0. The van der Waals surface area contributed by atoms with Gasteiger partial charge in [0, 0.05) is 23.6 Å². The maximum atomic E-state index is 12.4. The van der Waals surface area contributed by atoms with E-state index < -0.39 is 0 Å². The molecule has 1 heterocycles. The Morgan fingerprint density at radius 2 is 1.88 bits per heavy atom. The number of carbonyl (C=O) groups excluding carboxylic acids is 2. The molecule has 1 aliphatic rings. The van der Waals surface area contributed by atoms with Crippen LogP contribution in [-0.2, 0) is 9.59 Å². The molecule has 0 saturated carbocycles. The summed E-state index contributed by atoms with van der Waals surface area (Å²) in [5.74, 6) is 0.855. The van der Waals surface area contributed by atoms with E-state index in [0.29, 0.717) is 13.0 Å². The molecular weight excluding hydrogens is 332 g/mol. The Morgan fingerprint density at radius 3 is 2.68 bits per heavy atom. The maximum absolute atomic E-state index is 12.4. The molecule has 2 amide bonds. The lowest BCUT2D eigenvalue weighted by molar-refractivity contribution is -0.123. The van der Waals surface area contributed by atoms with Crippen molar-refractivity contribution in [3.63, 3.8) is 0 Å². The van der Waals surface area contributed by atoms with Gasteiger partial charge < -0.3 is 10.2 Å². The van der Waals surface area contributed by atoms with Gasteiger partial charge in [-0.1, -0.05) is 49.4 Å². The van der Waals surface area contributed by atoms with E-state index in [2.05, 4.69) is 24.4 Å². The third-order valence-electron chi connectivity index (χ3n) is 4.31. The number of amides is 2. The van der Waals surface area contributed by atoms with Crippen LogP contribution in [0.15, 0.2) is 59.5 Å². The summed E-state index contributed by atoms with van der Waals surface area (Å²) in [5, 5.41) is 2.96. The second-order valence-corrected chi connectivity index (χ2v) is 7.30. The van der Waals surface area contributed by atoms with Gasteiger partial charge in [0.1, 0.15) is 6.54 Å². The minimum atomic E-state index is -0.127. The molecule has 0 aliphatic carbocycles. The Balaban J connectivity index is 1.63. The Morgan fingerprint density at radius 1 is 1.16 bits per heavy atom. The average molecular weight is 354 g/mol. The monoisotopic (exact) mass is 354 g/mol. The highest BCUT2D eigenvalue weighted by Gasteiger charge is 2.24. The third-order valence-corrected chi connectivity index (χ3v) is 5.37. The predicted octanol–water partition coefficient (Wildman–Crippen LogP) is 3.44. The van der Waals surface area contributed by atoms with Crippen molar-refractivity contribution < 1.29 is 9.59 Å². The van der Waals surface area contributed by atoms with Crippen LogP contribution in [0.2, 0.25) is 0 Å². The zero-order chi connectivity index (χ0) is 17.6. The first-order chi connectivity index (χ1) is 12.1. The zero-order valence-electron chi connectivity index (χ0n) is 14.3. The lowest BCUT2D eigenvalue weighted by Gasteiger charge is -2.22. The van der Waals surface area contributed by atoms with Crippen molar-refractivity contribution >= 4 is 29.3 Å². The first-order valence-corrected chi connectivity index (χ1v) is 9.47. The fourth-order valence-electron chi connectivity index (χ4n) is 2.86. The van der Waals surface area contributed by atoms with Gasteiger partial charge in [0.2, 0.25) is 11.8 Å². The van der Waals surface area contributed by atoms with Crippen LogP contribution in [-0.4, -0.2) is 30.7 Å². The molecule has 0 fully saturated rings. The number of fused-ring (bicyclic) bond motifs is 1. The van der Waals surface area contributed by atoms with Crippen LogP contribution in [0, 0.1) is 0 Å². The SMILES string of the molecule is C[C@@H](CNC(=O)CN1C(=O)CCSc2ccccc21)c1ccccc1. The van der Waals surface area contributed by atoms with E-state index in [9.17, 15) is 9.59 Å². The number of nitrogens with one attached hydrogen (secondary N) is 1. The lowest BCUT2D eigenvalue weighted by atomic mass is 10.0. The second kappa shape index (κ2) is 8.21. The van der Waals surface area contributed by atoms with Crippen molar-refractivity contribution in [2.45, 2.75) is 24.2 Å². The van der Waals surface area contributed by atoms with Gasteiger partial charge in [0.05, 0.1) is 5.69 Å². The topological polar surface area (TPSA) is 49.4 Å². The number of rotatable bonds is 5. The van der Waals surface area contributed by atoms with E-state index in [0.717, 1.165) is 16.3 Å². The number of hydrogen-bond acceptors (Lipinski definition) is 3. The number of thioether (sulfide) groups is 1. The highest BCUT2D eigenvalue weighted by atomic mass is 32.2. The first-order valence-electron chi connectivity index (χ1n) is 8.49. The van der Waals surface area contributed by atoms with Crippen molar-refractivity contribution in [2.24, 2.45) is 0 Å². The fourth-order valence-corrected chi connectivity index (χ4v) is 3.86. The van der Waals surface area contributed by atoms with Crippen LogP contribution >= 0.6 is 11.8 Å². The highest BCUT2D eigenvalue weighted by Crippen LogP contribution is 2.33. The molecule has 3 rings (SSSR count). The van der Waals surface area contributed by atoms with Crippen LogP contribution in [0.4, 0.5) is 5.69 Å². The van der Waals surface area contributed by atoms with Gasteiger partial charge in [-0.25, -0.2) is 0 Å². The highest BCUT2D eigenvalue weighted by molar-refractivity contribution is 7.99. The molecular formula is C20H22N2O2S. The number of hydrogen-bond donors (Lipinski definition) is 1. The summed E-state index contributed by atoms with van der Waals surface area (Å²) < 4.78 is 0. The predicted molar refractivity (Wildman–Crippen MR) is 102 cm³/mol. The average Bonchev–Trinajstić information content (AvgIpc) is 2.80. The van der Waals surface area contributed by atoms with Gasteiger partial charge in [-0.05, 0) is 23.6 Å². The van der Waals surface area contributed by atoms with Crippen LogP contribution < -0.4 is 10.2 Å². The molecule has 1 aliphatic heterocycles. The Labute approximate surface area is 152 Å². The van der Waals surface area contributed by atoms with Gasteiger partial charge in [0.15, 0.2) is 0 Å². The normalized spacial score (nSPS) is 15.2. The first kappa shape index (κ1) is 17.5. The van der Waals surface area contributed by atoms with Crippen LogP contribution in [0.5, 0.6) is 0 Å². The van der Waals surface area contributed by atoms with Crippen LogP contribution in [0.1, 0.15) is 24.8 Å². The van der Waals surface area contributed by atoms with Crippen molar-refractivity contribution in [1.29, 1.82) is 0 Å². The van der Waals surface area contributed by atoms with Crippen molar-refractivity contribution in [3.05, 3.63) is 60.2 Å². The Bertz CT molecular complexity index is 748. The summed E-state index contributed by atoms with van der Waals surface area (Å²) in [6, 6.07) is 17.9. The van der Waals surface area contributed by atoms with E-state index in [1.165, 1.54) is 5.56 Å². The smallest absolute Gasteiger partial charge is 0.240 e. The minimum absolute atomic E-state index is 0.00343. The van der Waals surface area contributed by atoms with Crippen LogP contribution in [0.3, 0.4) is 0 Å². The molecule has 2 aromatic rings. The molecule has 130 valence electrons. The van der Waals surface area contributed by atoms with E-state index in [-0.39, 0.29) is 24.3 Å². The summed E-state index contributed by atoms with van der Waals surface area (Å²) in [6.07, 6.45) is 0.451. The maximum Gasteiger partial charge on any atom is 0.240 e. The molecule has 0 saturated heterocycles. The molecule has 25 heavy (non-hydrogen) atoms. The third kappa shape index (κ3) is 4.42. The summed E-state index contributed by atoms with van der Waals surface area (Å²) in [6.45, 7) is 2.71. The number of para-hydroxylation sites is 1. The van der Waals surface area contributed by atoms with Gasteiger partial charge in [-0.2, -0.15) is 0 Å². The van der Waals surface area contributed by atoms with Crippen molar-refractivity contribution in [2.75, 3.05) is 23.7 Å². The second-order valence-electron chi connectivity index (χ2n) is 6.16. The number of nitrogens with zero attached hydrogens (tertiary/aromatic N) is 1. The number of anilines is 1. The molecule has 0 aromatic heterocycles. The van der Waals surface area contributed by atoms with Crippen LogP contribution in [0.25, 0.3) is 0 Å². The van der Waals surface area contributed by atoms with Crippen molar-refractivity contribution in [1.82, 2.24) is 5.32 Å². The molecule has 0 spiro atoms. The van der Waals surface area contributed by atoms with Gasteiger partial charge >= 0.3 is 0 Å². The summed E-state index contributed by atoms with van der Waals surface area (Å²) in [4.78, 5) is 27.5. The molecule has 1 atom stereocenters. The molecule has 1 N–H and O–H groups in total. The number of carbonyl (C=O) groups is 2. The summed E-state index contributed by atoms with van der Waals surface area (Å²) >= 11 is 1.67. The molecule has 2 aromatic carbocycles. The zero-order valence-corrected chi connectivity index (χ0v) is 15.1. The molecule has 0 bridgehead atoms. The number of benzene rings is 2.